The van der Waals surface area contributed by atoms with Gasteiger partial charge in [0.15, 0.2) is 5.43 Å². The zero-order valence-electron chi connectivity index (χ0n) is 20.1. The van der Waals surface area contributed by atoms with Gasteiger partial charge in [0.25, 0.3) is 0 Å². The normalized spacial score (nSPS) is 15.5. The van der Waals surface area contributed by atoms with Gasteiger partial charge in [0.2, 0.25) is 0 Å². The number of hydrogen-bond donors (Lipinski definition) is 1. The lowest BCUT2D eigenvalue weighted by molar-refractivity contribution is 0.0694. The van der Waals surface area contributed by atoms with Gasteiger partial charge in [-0.25, -0.2) is 4.79 Å². The van der Waals surface area contributed by atoms with Crippen LogP contribution in [0.1, 0.15) is 63.0 Å². The number of aromatic nitrogens is 1. The summed E-state index contributed by atoms with van der Waals surface area (Å²) in [5.74, 6) is -0.322. The summed E-state index contributed by atoms with van der Waals surface area (Å²) in [5, 5.41) is 9.28. The number of nitrogens with zero attached hydrogens (tertiary/aromatic N) is 1. The molecule has 6 heteroatoms. The first-order valence-corrected chi connectivity index (χ1v) is 11.2. The van der Waals surface area contributed by atoms with Crippen molar-refractivity contribution in [2.75, 3.05) is 0 Å². The molecule has 0 radical (unpaired) electrons. The van der Waals surface area contributed by atoms with E-state index in [1.165, 1.54) is 23.4 Å². The van der Waals surface area contributed by atoms with Crippen molar-refractivity contribution in [3.8, 4) is 28.1 Å². The Bertz CT molecular complexity index is 1270. The second kappa shape index (κ2) is 7.94. The van der Waals surface area contributed by atoms with E-state index in [4.69, 9.17) is 9.15 Å². The molecule has 0 saturated carbocycles. The van der Waals surface area contributed by atoms with Crippen molar-refractivity contribution in [2.24, 2.45) is 5.41 Å². The molecule has 6 nitrogen and oxygen atoms in total. The van der Waals surface area contributed by atoms with Crippen LogP contribution in [-0.2, 0) is 19.4 Å². The highest BCUT2D eigenvalue weighted by atomic mass is 16.5. The molecule has 2 aliphatic heterocycles. The maximum atomic E-state index is 12.4. The zero-order valence-corrected chi connectivity index (χ0v) is 20.1. The SMILES string of the molecule is CC(C)(C)C.CC1(C)Cc2c3c(cc(-c4ccoc4)c2O1)-c1cc(=O)c(C(=O)O)cn1CC3. The molecule has 0 saturated heterocycles. The van der Waals surface area contributed by atoms with Gasteiger partial charge in [-0.05, 0) is 43.4 Å². The summed E-state index contributed by atoms with van der Waals surface area (Å²) >= 11 is 0. The Kier molecular flexibility index (Phi) is 5.51. The van der Waals surface area contributed by atoms with Crippen LogP contribution >= 0.6 is 0 Å². The van der Waals surface area contributed by atoms with Gasteiger partial charge in [-0.2, -0.15) is 0 Å². The van der Waals surface area contributed by atoms with Crippen molar-refractivity contribution in [3.05, 3.63) is 63.8 Å². The molecule has 2 aliphatic rings. The fourth-order valence-corrected chi connectivity index (χ4v) is 4.33. The van der Waals surface area contributed by atoms with Crippen LogP contribution in [-0.4, -0.2) is 21.2 Å². The Morgan fingerprint density at radius 2 is 1.82 bits per heavy atom. The highest BCUT2D eigenvalue weighted by molar-refractivity contribution is 5.88. The fraction of sp³-hybridized carbons (Fsp3) is 0.407. The van der Waals surface area contributed by atoms with Crippen LogP contribution in [0.3, 0.4) is 0 Å². The molecule has 174 valence electrons. The molecule has 3 aromatic rings. The minimum atomic E-state index is -1.20. The molecule has 4 heterocycles. The Labute approximate surface area is 193 Å². The van der Waals surface area contributed by atoms with Gasteiger partial charge in [0, 0.05) is 47.5 Å². The molecule has 1 N–H and O–H groups in total. The molecule has 1 aromatic carbocycles. The van der Waals surface area contributed by atoms with Gasteiger partial charge in [-0.3, -0.25) is 4.79 Å². The van der Waals surface area contributed by atoms with E-state index in [-0.39, 0.29) is 11.2 Å². The van der Waals surface area contributed by atoms with Gasteiger partial charge < -0.3 is 18.8 Å². The lowest BCUT2D eigenvalue weighted by Crippen LogP contribution is -2.25. The van der Waals surface area contributed by atoms with Crippen LogP contribution in [0.25, 0.3) is 22.4 Å². The smallest absolute Gasteiger partial charge is 0.341 e. The number of fused-ring (bicyclic) bond motifs is 5. The molecule has 33 heavy (non-hydrogen) atoms. The standard InChI is InChI=1S/C22H19NO5.C5H12/c1-22(2)9-16-13-3-5-23-10-17(21(25)26)19(24)8-18(23)15(13)7-14(20(16)28-22)12-4-6-27-11-12;1-5(2,3)4/h4,6-8,10-11H,3,5,9H2,1-2H3,(H,25,26);1-4H3. The summed E-state index contributed by atoms with van der Waals surface area (Å²) in [5.41, 5.74) is 5.40. The number of carbonyl (C=O) groups is 1. The topological polar surface area (TPSA) is 81.7 Å². The predicted molar refractivity (Wildman–Crippen MR) is 128 cm³/mol. The zero-order chi connectivity index (χ0) is 24.1. The second-order valence-corrected chi connectivity index (χ2v) is 11.0. The summed E-state index contributed by atoms with van der Waals surface area (Å²) in [6.45, 7) is 13.5. The molecule has 0 unspecified atom stereocenters. The highest BCUT2D eigenvalue weighted by Gasteiger charge is 2.36. The first-order valence-electron chi connectivity index (χ1n) is 11.2. The quantitative estimate of drug-likeness (QED) is 0.535. The van der Waals surface area contributed by atoms with Crippen LogP contribution in [0.2, 0.25) is 0 Å². The molecular formula is C27H31NO5. The summed E-state index contributed by atoms with van der Waals surface area (Å²) in [7, 11) is 0. The van der Waals surface area contributed by atoms with E-state index in [9.17, 15) is 14.7 Å². The number of carboxylic acids is 1. The number of carboxylic acid groups (broad SMARTS) is 1. The minimum Gasteiger partial charge on any atom is -0.487 e. The van der Waals surface area contributed by atoms with Gasteiger partial charge >= 0.3 is 5.97 Å². The van der Waals surface area contributed by atoms with E-state index in [1.54, 1.807) is 12.5 Å². The van der Waals surface area contributed by atoms with Crippen molar-refractivity contribution in [1.29, 1.82) is 0 Å². The number of hydrogen-bond acceptors (Lipinski definition) is 4. The Hall–Kier alpha value is -3.28. The number of ether oxygens (including phenoxy) is 1. The van der Waals surface area contributed by atoms with Crippen molar-refractivity contribution < 1.29 is 19.1 Å². The van der Waals surface area contributed by atoms with Gasteiger partial charge in [0.05, 0.1) is 18.2 Å². The summed E-state index contributed by atoms with van der Waals surface area (Å²) in [6, 6.07) is 5.36. The lowest BCUT2D eigenvalue weighted by atomic mass is 9.86. The van der Waals surface area contributed by atoms with Crippen LogP contribution in [0.15, 0.2) is 46.1 Å². The third kappa shape index (κ3) is 4.61. The maximum absolute atomic E-state index is 12.4. The first-order chi connectivity index (χ1) is 15.3. The highest BCUT2D eigenvalue weighted by Crippen LogP contribution is 2.48. The van der Waals surface area contributed by atoms with Crippen LogP contribution in [0.5, 0.6) is 5.75 Å². The van der Waals surface area contributed by atoms with E-state index in [2.05, 4.69) is 41.5 Å². The molecule has 5 rings (SSSR count). The van der Waals surface area contributed by atoms with E-state index in [0.717, 1.165) is 41.0 Å². The number of rotatable bonds is 2. The average Bonchev–Trinajstić information content (AvgIpc) is 3.32. The van der Waals surface area contributed by atoms with Crippen LogP contribution in [0.4, 0.5) is 0 Å². The van der Waals surface area contributed by atoms with Crippen molar-refractivity contribution in [2.45, 2.75) is 66.5 Å². The van der Waals surface area contributed by atoms with E-state index in [0.29, 0.717) is 12.0 Å². The van der Waals surface area contributed by atoms with Crippen molar-refractivity contribution >= 4 is 5.97 Å². The van der Waals surface area contributed by atoms with Gasteiger partial charge in [0.1, 0.15) is 16.9 Å². The second-order valence-electron chi connectivity index (χ2n) is 11.0. The van der Waals surface area contributed by atoms with Gasteiger partial charge in [-0.15, -0.1) is 0 Å². The van der Waals surface area contributed by atoms with Crippen LogP contribution < -0.4 is 10.2 Å². The Balaban J connectivity index is 0.000000471. The molecule has 0 fully saturated rings. The van der Waals surface area contributed by atoms with E-state index >= 15 is 0 Å². The van der Waals surface area contributed by atoms with Crippen molar-refractivity contribution in [3.63, 3.8) is 0 Å². The maximum Gasteiger partial charge on any atom is 0.341 e. The molecular weight excluding hydrogens is 418 g/mol. The van der Waals surface area contributed by atoms with Gasteiger partial charge in [-0.1, -0.05) is 27.7 Å². The largest absolute Gasteiger partial charge is 0.487 e. The molecule has 2 aromatic heterocycles. The third-order valence-electron chi connectivity index (χ3n) is 5.55. The predicted octanol–water partition coefficient (Wildman–Crippen LogP) is 5.80. The fourth-order valence-electron chi connectivity index (χ4n) is 4.33. The minimum absolute atomic E-state index is 0.201. The molecule has 0 bridgehead atoms. The monoisotopic (exact) mass is 449 g/mol. The Morgan fingerprint density at radius 3 is 2.42 bits per heavy atom. The number of benzene rings is 1. The number of aromatic carboxylic acids is 1. The Morgan fingerprint density at radius 1 is 1.12 bits per heavy atom. The van der Waals surface area contributed by atoms with Crippen molar-refractivity contribution in [1.82, 2.24) is 4.57 Å². The van der Waals surface area contributed by atoms with Crippen LogP contribution in [0, 0.1) is 5.41 Å². The molecule has 0 amide bonds. The summed E-state index contributed by atoms with van der Waals surface area (Å²) in [4.78, 5) is 23.7. The number of pyridine rings is 1. The number of furan rings is 1. The third-order valence-corrected chi connectivity index (χ3v) is 5.55. The average molecular weight is 450 g/mol. The number of aryl methyl sites for hydroxylation is 1. The first kappa shape index (κ1) is 22.9. The molecule has 0 atom stereocenters. The molecule has 0 aliphatic carbocycles. The molecule has 0 spiro atoms. The lowest BCUT2D eigenvalue weighted by Gasteiger charge is -2.25. The summed E-state index contributed by atoms with van der Waals surface area (Å²) in [6.07, 6.45) is 6.30. The van der Waals surface area contributed by atoms with E-state index < -0.39 is 11.4 Å². The van der Waals surface area contributed by atoms with E-state index in [1.807, 2.05) is 16.7 Å². The summed E-state index contributed by atoms with van der Waals surface area (Å²) < 4.78 is 13.4.